The van der Waals surface area contributed by atoms with Crippen LogP contribution in [0.4, 0.5) is 0 Å². The van der Waals surface area contributed by atoms with E-state index in [1.165, 1.54) is 42.8 Å². The lowest BCUT2D eigenvalue weighted by Gasteiger charge is -2.34. The Kier molecular flexibility index (Phi) is 10.0. The zero-order chi connectivity index (χ0) is 10.7. The molecule has 3 heteroatoms. The third kappa shape index (κ3) is 6.13. The summed E-state index contributed by atoms with van der Waals surface area (Å²) in [6.45, 7) is 14.2. The van der Waals surface area contributed by atoms with Crippen LogP contribution in [0.5, 0.6) is 0 Å². The lowest BCUT2D eigenvalue weighted by Crippen LogP contribution is -2.47. The Morgan fingerprint density at radius 2 is 1.00 bits per heavy atom. The van der Waals surface area contributed by atoms with E-state index in [1.54, 1.807) is 0 Å². The van der Waals surface area contributed by atoms with E-state index in [1.807, 2.05) is 0 Å². The molecule has 0 atom stereocenters. The predicted octanol–water partition coefficient (Wildman–Crippen LogP) is 1.92. The van der Waals surface area contributed by atoms with E-state index < -0.39 is 0 Å². The molecule has 0 aliphatic carbocycles. The Morgan fingerprint density at radius 3 is 1.00 bits per heavy atom. The molecule has 0 aromatic carbocycles. The van der Waals surface area contributed by atoms with Gasteiger partial charge in [0.25, 0.3) is 0 Å². The fraction of sp³-hybridized carbons (Fsp3) is 0.800. The van der Waals surface area contributed by atoms with Crippen LogP contribution in [0.2, 0.25) is 0 Å². The van der Waals surface area contributed by atoms with Gasteiger partial charge >= 0.3 is 0 Å². The molecule has 0 aliphatic rings. The van der Waals surface area contributed by atoms with Gasteiger partial charge in [0.2, 0.25) is 0 Å². The van der Waals surface area contributed by atoms with E-state index in [2.05, 4.69) is 27.7 Å². The summed E-state index contributed by atoms with van der Waals surface area (Å²) in [6, 6.07) is 2.47. The fourth-order valence-corrected chi connectivity index (χ4v) is 1.34. The first-order chi connectivity index (χ1) is 6.16. The Hall–Kier alpha value is -1.06. The maximum atomic E-state index is 7.26. The summed E-state index contributed by atoms with van der Waals surface area (Å²) in [5.41, 5.74) is 0. The summed E-state index contributed by atoms with van der Waals surface area (Å²) in [5, 5.41) is 14.5. The molecule has 0 saturated carbocycles. The molecule has 74 valence electrons. The van der Waals surface area contributed by atoms with Gasteiger partial charge < -0.3 is 4.48 Å². The number of nitriles is 2. The maximum Gasteiger partial charge on any atom is 0.181 e. The Balaban J connectivity index is 0. The fourth-order valence-electron chi connectivity index (χ4n) is 1.34. The zero-order valence-electron chi connectivity index (χ0n) is 9.17. The summed E-state index contributed by atoms with van der Waals surface area (Å²) in [5.74, 6) is 0. The molecule has 0 amide bonds. The molecule has 0 N–H and O–H groups in total. The van der Waals surface area contributed by atoms with Gasteiger partial charge in [0.05, 0.1) is 26.2 Å². The standard InChI is InChI=1S/C8H20N.C2N2/c1-5-9(6-2,7-3)8-4;3-1-2-4/h5-8H2,1-4H3;/q+1;. The molecule has 0 radical (unpaired) electrons. The highest BCUT2D eigenvalue weighted by atomic mass is 15.3. The van der Waals surface area contributed by atoms with Crippen LogP contribution in [-0.2, 0) is 0 Å². The lowest BCUT2D eigenvalue weighted by atomic mass is 10.3. The zero-order valence-corrected chi connectivity index (χ0v) is 9.17. The van der Waals surface area contributed by atoms with Gasteiger partial charge in [0.15, 0.2) is 12.1 Å². The van der Waals surface area contributed by atoms with Crippen LogP contribution >= 0.6 is 0 Å². The minimum atomic E-state index is 1.24. The maximum absolute atomic E-state index is 7.26. The van der Waals surface area contributed by atoms with Gasteiger partial charge in [-0.2, -0.15) is 10.5 Å². The number of nitrogens with zero attached hydrogens (tertiary/aromatic N) is 3. The van der Waals surface area contributed by atoms with Crippen molar-refractivity contribution < 1.29 is 4.48 Å². The van der Waals surface area contributed by atoms with Crippen molar-refractivity contribution in [2.45, 2.75) is 27.7 Å². The molecule has 0 spiro atoms. The second-order valence-electron chi connectivity index (χ2n) is 2.83. The van der Waals surface area contributed by atoms with Crippen molar-refractivity contribution >= 4 is 0 Å². The Morgan fingerprint density at radius 1 is 0.769 bits per heavy atom. The molecular formula is C10H20N3+. The first kappa shape index (κ1) is 14.5. The van der Waals surface area contributed by atoms with E-state index in [4.69, 9.17) is 10.5 Å². The van der Waals surface area contributed by atoms with Gasteiger partial charge in [0.1, 0.15) is 0 Å². The van der Waals surface area contributed by atoms with Gasteiger partial charge in [0, 0.05) is 0 Å². The number of hydrogen-bond donors (Lipinski definition) is 0. The van der Waals surface area contributed by atoms with E-state index in [-0.39, 0.29) is 0 Å². The third-order valence-corrected chi connectivity index (χ3v) is 2.73. The summed E-state index contributed by atoms with van der Waals surface area (Å²) >= 11 is 0. The summed E-state index contributed by atoms with van der Waals surface area (Å²) in [6.07, 6.45) is 0. The van der Waals surface area contributed by atoms with Crippen LogP contribution in [0.3, 0.4) is 0 Å². The van der Waals surface area contributed by atoms with Crippen molar-refractivity contribution in [1.29, 1.82) is 10.5 Å². The second-order valence-corrected chi connectivity index (χ2v) is 2.83. The number of quaternary nitrogens is 1. The van der Waals surface area contributed by atoms with Gasteiger partial charge in [-0.05, 0) is 27.7 Å². The molecule has 0 aromatic heterocycles. The van der Waals surface area contributed by atoms with E-state index in [9.17, 15) is 0 Å². The van der Waals surface area contributed by atoms with Crippen molar-refractivity contribution in [2.24, 2.45) is 0 Å². The van der Waals surface area contributed by atoms with Crippen LogP contribution in [0.25, 0.3) is 0 Å². The Bertz CT molecular complexity index is 152. The van der Waals surface area contributed by atoms with Gasteiger partial charge in [-0.15, -0.1) is 0 Å². The molecule has 0 heterocycles. The van der Waals surface area contributed by atoms with Crippen molar-refractivity contribution in [3.05, 3.63) is 0 Å². The normalized spacial score (nSPS) is 9.08. The summed E-state index contributed by atoms with van der Waals surface area (Å²) < 4.78 is 1.28. The van der Waals surface area contributed by atoms with Gasteiger partial charge in [-0.3, -0.25) is 0 Å². The quantitative estimate of drug-likeness (QED) is 0.623. The molecule has 0 unspecified atom stereocenters. The van der Waals surface area contributed by atoms with E-state index in [0.29, 0.717) is 0 Å². The van der Waals surface area contributed by atoms with E-state index >= 15 is 0 Å². The van der Waals surface area contributed by atoms with Crippen LogP contribution in [0.1, 0.15) is 27.7 Å². The van der Waals surface area contributed by atoms with Crippen LogP contribution in [-0.4, -0.2) is 30.7 Å². The van der Waals surface area contributed by atoms with Gasteiger partial charge in [-0.25, -0.2) is 0 Å². The average Bonchev–Trinajstić information content (AvgIpc) is 2.23. The van der Waals surface area contributed by atoms with Crippen LogP contribution < -0.4 is 0 Å². The molecular weight excluding hydrogens is 162 g/mol. The smallest absolute Gasteiger partial charge is 0.181 e. The number of rotatable bonds is 4. The van der Waals surface area contributed by atoms with Crippen LogP contribution in [0.15, 0.2) is 0 Å². The second kappa shape index (κ2) is 9.03. The van der Waals surface area contributed by atoms with Crippen molar-refractivity contribution in [3.8, 4) is 12.1 Å². The molecule has 0 bridgehead atoms. The van der Waals surface area contributed by atoms with Crippen molar-refractivity contribution in [1.82, 2.24) is 0 Å². The molecule has 0 aromatic rings. The Labute approximate surface area is 81.8 Å². The summed E-state index contributed by atoms with van der Waals surface area (Å²) in [7, 11) is 0. The molecule has 13 heavy (non-hydrogen) atoms. The van der Waals surface area contributed by atoms with Crippen molar-refractivity contribution in [2.75, 3.05) is 26.2 Å². The molecule has 0 saturated heterocycles. The minimum absolute atomic E-state index is 1.24. The monoisotopic (exact) mass is 182 g/mol. The topological polar surface area (TPSA) is 47.6 Å². The minimum Gasteiger partial charge on any atom is -0.325 e. The molecule has 0 rings (SSSR count). The predicted molar refractivity (Wildman–Crippen MR) is 53.7 cm³/mol. The van der Waals surface area contributed by atoms with Crippen molar-refractivity contribution in [3.63, 3.8) is 0 Å². The van der Waals surface area contributed by atoms with Gasteiger partial charge in [-0.1, -0.05) is 0 Å². The third-order valence-electron chi connectivity index (χ3n) is 2.73. The molecule has 0 aliphatic heterocycles. The molecule has 0 fully saturated rings. The number of hydrogen-bond acceptors (Lipinski definition) is 2. The highest BCUT2D eigenvalue weighted by Gasteiger charge is 2.16. The highest BCUT2D eigenvalue weighted by Crippen LogP contribution is 2.03. The largest absolute Gasteiger partial charge is 0.325 e. The molecule has 3 nitrogen and oxygen atoms in total. The van der Waals surface area contributed by atoms with Crippen LogP contribution in [0, 0.1) is 22.7 Å². The highest BCUT2D eigenvalue weighted by molar-refractivity contribution is 4.99. The average molecular weight is 182 g/mol. The lowest BCUT2D eigenvalue weighted by molar-refractivity contribution is -0.921. The SMILES string of the molecule is CC[N+](CC)(CC)CC.N#CC#N. The first-order valence-corrected chi connectivity index (χ1v) is 4.79. The van der Waals surface area contributed by atoms with E-state index in [0.717, 1.165) is 0 Å². The summed E-state index contributed by atoms with van der Waals surface area (Å²) in [4.78, 5) is 0. The first-order valence-electron chi connectivity index (χ1n) is 4.79.